The Morgan fingerprint density at radius 3 is 1.33 bits per heavy atom. The van der Waals surface area contributed by atoms with Crippen molar-refractivity contribution in [3.05, 3.63) is 0 Å². The van der Waals surface area contributed by atoms with Gasteiger partial charge in [-0.05, 0) is 82.7 Å². The van der Waals surface area contributed by atoms with Crippen LogP contribution in [0.1, 0.15) is 101 Å². The molecule has 2 aliphatic carbocycles. The predicted molar refractivity (Wildman–Crippen MR) is 244 cm³/mol. The minimum Gasteiger partial charge on any atom is -0.444 e. The number of halogens is 8. The van der Waals surface area contributed by atoms with Gasteiger partial charge in [0, 0.05) is 45.6 Å². The summed E-state index contributed by atoms with van der Waals surface area (Å²) in [4.78, 5) is 70.2. The number of nitrogens with one attached hydrogen (secondary N) is 1. The standard InChI is InChI=1S/C25H41F4N3O5Si.C20H33F4N3O3Si/c1-22(2,3)37-21(35)30-12-16(26)11-18(30)19(33)31-15-24(9-10-24)32(20(34)25(27,28)29)13-17(31)14-36-38(7,8)23(4,5)6;1-18(2,3)31(4,5)30-11-14-10-27(17(29)20(22,23)24)19(6-7-19)12-26(14)16(28)15-8-13(21)9-25-15/h16-18H,9-15H2,1-8H3;13-15,25H,6-12H2,1-5H3/t16-,17-,18+;13-,14-,15+/m11/s1. The molecule has 4 heterocycles. The van der Waals surface area contributed by atoms with Crippen molar-refractivity contribution in [3.63, 3.8) is 0 Å². The molecule has 396 valence electrons. The molecule has 0 aromatic heterocycles. The number of piperazine rings is 2. The van der Waals surface area contributed by atoms with Gasteiger partial charge in [-0.3, -0.25) is 24.1 Å². The van der Waals surface area contributed by atoms with Crippen molar-refractivity contribution in [1.82, 2.24) is 29.8 Å². The molecule has 4 aliphatic heterocycles. The van der Waals surface area contributed by atoms with Gasteiger partial charge >= 0.3 is 30.3 Å². The van der Waals surface area contributed by atoms with Crippen LogP contribution in [0, 0.1) is 0 Å². The van der Waals surface area contributed by atoms with E-state index in [1.807, 2.05) is 67.7 Å². The lowest BCUT2D eigenvalue weighted by Crippen LogP contribution is -2.67. The normalized spacial score (nSPS) is 27.3. The summed E-state index contributed by atoms with van der Waals surface area (Å²) in [5.41, 5.74) is -2.97. The molecular weight excluding hydrogens is 961 g/mol. The first-order valence-electron chi connectivity index (χ1n) is 23.8. The number of hydrogen-bond donors (Lipinski definition) is 1. The summed E-state index contributed by atoms with van der Waals surface area (Å²) >= 11 is 0. The van der Waals surface area contributed by atoms with Gasteiger partial charge in [-0.25, -0.2) is 13.6 Å². The molecule has 6 fully saturated rings. The molecule has 0 unspecified atom stereocenters. The number of hydrogen-bond acceptors (Lipinski definition) is 9. The summed E-state index contributed by atoms with van der Waals surface area (Å²) in [6.45, 7) is 24.2. The largest absolute Gasteiger partial charge is 0.471 e. The van der Waals surface area contributed by atoms with Gasteiger partial charge in [-0.1, -0.05) is 41.5 Å². The number of rotatable bonds is 8. The number of likely N-dealkylation sites (tertiary alicyclic amines) is 1. The number of alkyl halides is 8. The van der Waals surface area contributed by atoms with Crippen molar-refractivity contribution < 1.29 is 72.7 Å². The van der Waals surface area contributed by atoms with E-state index < -0.39 is 106 Å². The van der Waals surface area contributed by atoms with E-state index in [0.29, 0.717) is 25.7 Å². The van der Waals surface area contributed by atoms with Gasteiger partial charge < -0.3 is 38.5 Å². The Balaban J connectivity index is 0.000000263. The Hall–Kier alpha value is -3.10. The van der Waals surface area contributed by atoms with Crippen molar-refractivity contribution >= 4 is 46.4 Å². The van der Waals surface area contributed by atoms with Crippen molar-refractivity contribution in [3.8, 4) is 0 Å². The van der Waals surface area contributed by atoms with Crippen molar-refractivity contribution in [1.29, 1.82) is 0 Å². The van der Waals surface area contributed by atoms with Gasteiger partial charge in [0.1, 0.15) is 24.0 Å². The Bertz CT molecular complexity index is 1930. The SMILES string of the molecule is CC(C)(C)OC(=O)N1C[C@H](F)C[C@H]1C(=O)N1CC2(CC2)N(C(=O)C(F)(F)F)C[C@@H]1CO[Si](C)(C)C(C)(C)C.CC(C)(C)[Si](C)(C)OC[C@H]1CN(C(=O)C(F)(F)F)C2(CC2)CN1C(=O)[C@@H]1C[C@@H](F)CN1. The van der Waals surface area contributed by atoms with Crippen LogP contribution in [0.2, 0.25) is 36.3 Å². The summed E-state index contributed by atoms with van der Waals surface area (Å²) in [5.74, 6) is -4.68. The molecule has 0 aromatic rings. The van der Waals surface area contributed by atoms with E-state index in [2.05, 4.69) is 5.32 Å². The Kier molecular flexibility index (Phi) is 16.0. The zero-order valence-corrected chi connectivity index (χ0v) is 44.4. The van der Waals surface area contributed by atoms with E-state index in [4.69, 9.17) is 13.6 Å². The average Bonchev–Trinajstić information content (AvgIpc) is 4.06. The lowest BCUT2D eigenvalue weighted by molar-refractivity contribution is -0.194. The van der Waals surface area contributed by atoms with Gasteiger partial charge in [0.15, 0.2) is 16.6 Å². The molecular formula is C45H74F8N6O8Si2. The topological polar surface area (TPSA) is 141 Å². The second-order valence-electron chi connectivity index (χ2n) is 23.9. The first-order chi connectivity index (χ1) is 31.2. The number of carbonyl (C=O) groups excluding carboxylic acids is 5. The molecule has 14 nitrogen and oxygen atoms in total. The molecule has 6 atom stereocenters. The highest BCUT2D eigenvalue weighted by molar-refractivity contribution is 6.74. The highest BCUT2D eigenvalue weighted by Gasteiger charge is 2.63. The Morgan fingerprint density at radius 2 is 1.00 bits per heavy atom. The molecule has 24 heteroatoms. The third-order valence-electron chi connectivity index (χ3n) is 15.4. The van der Waals surface area contributed by atoms with E-state index in [9.17, 15) is 59.1 Å². The van der Waals surface area contributed by atoms with Crippen molar-refractivity contribution in [2.75, 3.05) is 52.5 Å². The van der Waals surface area contributed by atoms with Crippen LogP contribution in [0.15, 0.2) is 0 Å². The summed E-state index contributed by atoms with van der Waals surface area (Å²) in [5, 5.41) is 2.55. The summed E-state index contributed by atoms with van der Waals surface area (Å²) in [6, 6.07) is -3.45. The van der Waals surface area contributed by atoms with Crippen LogP contribution in [0.5, 0.6) is 0 Å². The van der Waals surface area contributed by atoms with E-state index >= 15 is 0 Å². The third-order valence-corrected chi connectivity index (χ3v) is 24.4. The molecule has 6 rings (SSSR count). The van der Waals surface area contributed by atoms with E-state index in [0.717, 1.165) is 14.7 Å². The van der Waals surface area contributed by atoms with E-state index in [-0.39, 0.29) is 81.3 Å². The number of nitrogens with zero attached hydrogens (tertiary/aromatic N) is 5. The molecule has 69 heavy (non-hydrogen) atoms. The average molecular weight is 1040 g/mol. The quantitative estimate of drug-likeness (QED) is 0.196. The lowest BCUT2D eigenvalue weighted by atomic mass is 10.0. The maximum absolute atomic E-state index is 14.5. The first kappa shape index (κ1) is 56.8. The maximum atomic E-state index is 14.5. The smallest absolute Gasteiger partial charge is 0.444 e. The van der Waals surface area contributed by atoms with Gasteiger partial charge in [0.2, 0.25) is 11.8 Å². The van der Waals surface area contributed by atoms with Crippen LogP contribution in [0.4, 0.5) is 39.9 Å². The van der Waals surface area contributed by atoms with Crippen LogP contribution in [-0.2, 0) is 32.8 Å². The Labute approximate surface area is 403 Å². The zero-order chi connectivity index (χ0) is 52.5. The third kappa shape index (κ3) is 12.9. The summed E-state index contributed by atoms with van der Waals surface area (Å²) in [6.07, 6.45) is -12.1. The highest BCUT2D eigenvalue weighted by Crippen LogP contribution is 2.49. The number of amides is 5. The molecule has 6 aliphatic rings. The molecule has 2 saturated carbocycles. The summed E-state index contributed by atoms with van der Waals surface area (Å²) in [7, 11) is -4.61. The molecule has 4 saturated heterocycles. The maximum Gasteiger partial charge on any atom is 0.471 e. The fraction of sp³-hybridized carbons (Fsp3) is 0.889. The zero-order valence-electron chi connectivity index (χ0n) is 42.4. The van der Waals surface area contributed by atoms with Gasteiger partial charge in [0.25, 0.3) is 0 Å². The van der Waals surface area contributed by atoms with Crippen LogP contribution >= 0.6 is 0 Å². The minimum absolute atomic E-state index is 0.0221. The Morgan fingerprint density at radius 1 is 0.594 bits per heavy atom. The molecule has 2 spiro atoms. The second kappa shape index (κ2) is 19.4. The molecule has 0 aromatic carbocycles. The molecule has 1 N–H and O–H groups in total. The van der Waals surface area contributed by atoms with Crippen molar-refractivity contribution in [2.24, 2.45) is 0 Å². The van der Waals surface area contributed by atoms with Gasteiger partial charge in [-0.15, -0.1) is 0 Å². The van der Waals surface area contributed by atoms with Crippen LogP contribution in [-0.4, -0.2) is 189 Å². The van der Waals surface area contributed by atoms with E-state index in [1.165, 1.54) is 9.80 Å². The molecule has 5 amide bonds. The number of ether oxygens (including phenoxy) is 1. The molecule has 0 bridgehead atoms. The fourth-order valence-corrected chi connectivity index (χ4v) is 10.9. The number of carbonyl (C=O) groups is 5. The molecule has 0 radical (unpaired) electrons. The fourth-order valence-electron chi connectivity index (χ4n) is 8.77. The van der Waals surface area contributed by atoms with Crippen LogP contribution in [0.25, 0.3) is 0 Å². The van der Waals surface area contributed by atoms with Gasteiger partial charge in [-0.2, -0.15) is 26.3 Å². The minimum atomic E-state index is -5.05. The van der Waals surface area contributed by atoms with Crippen molar-refractivity contribution in [2.45, 2.75) is 203 Å². The second-order valence-corrected chi connectivity index (χ2v) is 33.6. The van der Waals surface area contributed by atoms with Gasteiger partial charge in [0.05, 0.1) is 49.0 Å². The van der Waals surface area contributed by atoms with Crippen LogP contribution < -0.4 is 5.32 Å². The summed E-state index contributed by atoms with van der Waals surface area (Å²) < 4.78 is 126. The van der Waals surface area contributed by atoms with E-state index in [1.54, 1.807) is 20.8 Å². The monoisotopic (exact) mass is 1030 g/mol. The lowest BCUT2D eigenvalue weighted by Gasteiger charge is -2.49. The predicted octanol–water partition coefficient (Wildman–Crippen LogP) is 7.33. The van der Waals surface area contributed by atoms with Crippen LogP contribution in [0.3, 0.4) is 0 Å². The highest BCUT2D eigenvalue weighted by atomic mass is 28.4. The first-order valence-corrected chi connectivity index (χ1v) is 29.6.